The van der Waals surface area contributed by atoms with E-state index in [1.54, 1.807) is 12.4 Å². The maximum Gasteiger partial charge on any atom is 0.224 e. The van der Waals surface area contributed by atoms with E-state index in [9.17, 15) is 0 Å². The summed E-state index contributed by atoms with van der Waals surface area (Å²) in [5.41, 5.74) is 4.69. The molecule has 0 bridgehead atoms. The van der Waals surface area contributed by atoms with E-state index in [4.69, 9.17) is 0 Å². The number of hydrogen-bond acceptors (Lipinski definition) is 5. The Hall–Kier alpha value is -2.95. The van der Waals surface area contributed by atoms with Gasteiger partial charge < -0.3 is 10.6 Å². The third-order valence-electron chi connectivity index (χ3n) is 3.82. The number of nitrogens with one attached hydrogen (secondary N) is 2. The van der Waals surface area contributed by atoms with Crippen LogP contribution in [0.5, 0.6) is 0 Å². The van der Waals surface area contributed by atoms with Crippen molar-refractivity contribution in [1.29, 1.82) is 0 Å². The number of aryl methyl sites for hydroxylation is 2. The summed E-state index contributed by atoms with van der Waals surface area (Å²) in [6.07, 6.45) is 6.32. The molecule has 0 saturated carbocycles. The van der Waals surface area contributed by atoms with E-state index in [2.05, 4.69) is 57.6 Å². The molecule has 0 atom stereocenters. The second kappa shape index (κ2) is 7.55. The second-order valence-corrected chi connectivity index (χ2v) is 5.57. The first-order valence-corrected chi connectivity index (χ1v) is 8.07. The molecule has 2 aromatic heterocycles. The van der Waals surface area contributed by atoms with Crippen molar-refractivity contribution >= 4 is 17.5 Å². The minimum atomic E-state index is 0.593. The van der Waals surface area contributed by atoms with Crippen LogP contribution < -0.4 is 10.6 Å². The second-order valence-electron chi connectivity index (χ2n) is 5.57. The van der Waals surface area contributed by atoms with Crippen LogP contribution in [0.4, 0.5) is 17.5 Å². The maximum absolute atomic E-state index is 4.55. The van der Waals surface area contributed by atoms with Crippen LogP contribution in [0.15, 0.2) is 55.0 Å². The molecule has 122 valence electrons. The third kappa shape index (κ3) is 3.87. The minimum Gasteiger partial charge on any atom is -0.350 e. The fraction of sp³-hybridized carbons (Fsp3) is 0.211. The van der Waals surface area contributed by atoms with Crippen LogP contribution in [0.3, 0.4) is 0 Å². The van der Waals surface area contributed by atoms with E-state index in [0.717, 1.165) is 23.5 Å². The molecule has 0 fully saturated rings. The first-order chi connectivity index (χ1) is 11.8. The highest BCUT2D eigenvalue weighted by molar-refractivity contribution is 5.65. The Labute approximate surface area is 142 Å². The van der Waals surface area contributed by atoms with Crippen LogP contribution in [0.1, 0.15) is 23.6 Å². The molecule has 0 unspecified atom stereocenters. The van der Waals surface area contributed by atoms with Gasteiger partial charge in [0.1, 0.15) is 5.82 Å². The topological polar surface area (TPSA) is 62.7 Å². The fourth-order valence-electron chi connectivity index (χ4n) is 2.53. The fourth-order valence-corrected chi connectivity index (χ4v) is 2.53. The maximum atomic E-state index is 4.55. The number of pyridine rings is 1. The zero-order chi connectivity index (χ0) is 16.8. The Balaban J connectivity index is 1.74. The van der Waals surface area contributed by atoms with E-state index in [-0.39, 0.29) is 0 Å². The zero-order valence-electron chi connectivity index (χ0n) is 14.0. The van der Waals surface area contributed by atoms with E-state index in [1.165, 1.54) is 11.1 Å². The lowest BCUT2D eigenvalue weighted by Gasteiger charge is -2.14. The lowest BCUT2D eigenvalue weighted by Crippen LogP contribution is -2.06. The van der Waals surface area contributed by atoms with Gasteiger partial charge in [0.25, 0.3) is 0 Å². The van der Waals surface area contributed by atoms with Crippen molar-refractivity contribution in [2.75, 3.05) is 10.6 Å². The molecule has 0 saturated heterocycles. The normalized spacial score (nSPS) is 10.4. The summed E-state index contributed by atoms with van der Waals surface area (Å²) in [5.74, 6) is 1.37. The van der Waals surface area contributed by atoms with Gasteiger partial charge >= 0.3 is 0 Å². The predicted octanol–water partition coefficient (Wildman–Crippen LogP) is 4.10. The van der Waals surface area contributed by atoms with Crippen LogP contribution in [-0.2, 0) is 13.0 Å². The molecule has 24 heavy (non-hydrogen) atoms. The quantitative estimate of drug-likeness (QED) is 0.716. The standard InChI is InChI=1S/C19H21N5/c1-3-16-8-4-6-14(2)18(16)23-17-9-11-21-19(24-17)22-13-15-7-5-10-20-12-15/h4-12H,3,13H2,1-2H3,(H2,21,22,23,24). The summed E-state index contributed by atoms with van der Waals surface area (Å²) >= 11 is 0. The van der Waals surface area contributed by atoms with Crippen LogP contribution in [-0.4, -0.2) is 15.0 Å². The Bertz CT molecular complexity index is 802. The highest BCUT2D eigenvalue weighted by Gasteiger charge is 2.06. The minimum absolute atomic E-state index is 0.593. The summed E-state index contributed by atoms with van der Waals surface area (Å²) < 4.78 is 0. The van der Waals surface area contributed by atoms with E-state index in [0.29, 0.717) is 12.5 Å². The van der Waals surface area contributed by atoms with Crippen molar-refractivity contribution < 1.29 is 0 Å². The van der Waals surface area contributed by atoms with Gasteiger partial charge in [-0.25, -0.2) is 4.98 Å². The molecule has 0 aliphatic carbocycles. The SMILES string of the molecule is CCc1cccc(C)c1Nc1ccnc(NCc2cccnc2)n1. The Morgan fingerprint density at radius 1 is 1.04 bits per heavy atom. The molecule has 2 heterocycles. The molecule has 1 aromatic carbocycles. The Morgan fingerprint density at radius 3 is 2.75 bits per heavy atom. The molecule has 0 amide bonds. The molecule has 0 aliphatic heterocycles. The summed E-state index contributed by atoms with van der Waals surface area (Å²) in [6, 6.07) is 12.1. The lowest BCUT2D eigenvalue weighted by atomic mass is 10.1. The van der Waals surface area contributed by atoms with Gasteiger partial charge in [0, 0.05) is 30.8 Å². The highest BCUT2D eigenvalue weighted by atomic mass is 15.1. The third-order valence-corrected chi connectivity index (χ3v) is 3.82. The van der Waals surface area contributed by atoms with Gasteiger partial charge in [-0.3, -0.25) is 4.98 Å². The van der Waals surface area contributed by atoms with Gasteiger partial charge in [0.15, 0.2) is 0 Å². The van der Waals surface area contributed by atoms with E-state index in [1.807, 2.05) is 24.4 Å². The first kappa shape index (κ1) is 15.9. The average molecular weight is 319 g/mol. The lowest BCUT2D eigenvalue weighted by molar-refractivity contribution is 1.04. The van der Waals surface area contributed by atoms with Crippen molar-refractivity contribution in [2.24, 2.45) is 0 Å². The molecule has 5 nitrogen and oxygen atoms in total. The number of aromatic nitrogens is 3. The van der Waals surface area contributed by atoms with Crippen LogP contribution in [0.25, 0.3) is 0 Å². The molecule has 0 aliphatic rings. The summed E-state index contributed by atoms with van der Waals surface area (Å²) in [6.45, 7) is 4.90. The number of hydrogen-bond donors (Lipinski definition) is 2. The van der Waals surface area contributed by atoms with Crippen LogP contribution >= 0.6 is 0 Å². The highest BCUT2D eigenvalue weighted by Crippen LogP contribution is 2.24. The van der Waals surface area contributed by atoms with Crippen molar-refractivity contribution in [3.63, 3.8) is 0 Å². The molecule has 3 rings (SSSR count). The number of rotatable bonds is 6. The van der Waals surface area contributed by atoms with Crippen molar-refractivity contribution in [2.45, 2.75) is 26.8 Å². The molecule has 0 spiro atoms. The van der Waals surface area contributed by atoms with Crippen LogP contribution in [0.2, 0.25) is 0 Å². The van der Waals surface area contributed by atoms with Gasteiger partial charge in [-0.1, -0.05) is 31.2 Å². The number of para-hydroxylation sites is 1. The van der Waals surface area contributed by atoms with Gasteiger partial charge in [-0.15, -0.1) is 0 Å². The van der Waals surface area contributed by atoms with Gasteiger partial charge in [0.2, 0.25) is 5.95 Å². The van der Waals surface area contributed by atoms with E-state index < -0.39 is 0 Å². The first-order valence-electron chi connectivity index (χ1n) is 8.07. The van der Waals surface area contributed by atoms with Crippen LogP contribution in [0, 0.1) is 6.92 Å². The number of nitrogens with zero attached hydrogens (tertiary/aromatic N) is 3. The molecule has 0 radical (unpaired) electrons. The zero-order valence-corrected chi connectivity index (χ0v) is 14.0. The van der Waals surface area contributed by atoms with Gasteiger partial charge in [-0.05, 0) is 42.2 Å². The smallest absolute Gasteiger partial charge is 0.224 e. The van der Waals surface area contributed by atoms with E-state index >= 15 is 0 Å². The molecular formula is C19H21N5. The van der Waals surface area contributed by atoms with Gasteiger partial charge in [0.05, 0.1) is 0 Å². The van der Waals surface area contributed by atoms with Crippen molar-refractivity contribution in [3.8, 4) is 0 Å². The number of benzene rings is 1. The summed E-state index contributed by atoms with van der Waals surface area (Å²) in [4.78, 5) is 12.9. The Kier molecular flexibility index (Phi) is 5.01. The predicted molar refractivity (Wildman–Crippen MR) is 97.4 cm³/mol. The summed E-state index contributed by atoms with van der Waals surface area (Å²) in [7, 11) is 0. The molecule has 3 aromatic rings. The van der Waals surface area contributed by atoms with Gasteiger partial charge in [-0.2, -0.15) is 4.98 Å². The monoisotopic (exact) mass is 319 g/mol. The van der Waals surface area contributed by atoms with Crippen molar-refractivity contribution in [3.05, 3.63) is 71.7 Å². The Morgan fingerprint density at radius 2 is 1.96 bits per heavy atom. The van der Waals surface area contributed by atoms with Crippen molar-refractivity contribution in [1.82, 2.24) is 15.0 Å². The molecule has 2 N–H and O–H groups in total. The molecule has 5 heteroatoms. The number of anilines is 3. The average Bonchev–Trinajstić information content (AvgIpc) is 2.63. The summed E-state index contributed by atoms with van der Waals surface area (Å²) in [5, 5.41) is 6.65. The molecular weight excluding hydrogens is 298 g/mol. The largest absolute Gasteiger partial charge is 0.350 e.